The summed E-state index contributed by atoms with van der Waals surface area (Å²) in [5.74, 6) is 0.425. The van der Waals surface area contributed by atoms with Crippen LogP contribution in [0.3, 0.4) is 0 Å². The molecule has 6 aromatic rings. The Bertz CT molecular complexity index is 2650. The first-order chi connectivity index (χ1) is 25.0. The molecule has 0 amide bonds. The lowest BCUT2D eigenvalue weighted by Gasteiger charge is -2.27. The Morgan fingerprint density at radius 2 is 1.67 bits per heavy atom. The zero-order valence-electron chi connectivity index (χ0n) is 28.9. The SMILES string of the molecule is COc1ccc(CCn2c(=O)[nH]c(=O)c3ccc(-c4c(O)c(C)c(O)c5c4OC4=Cc6c(c(C)nn6-c6ccccc6)C(=O)[C@@]45C)nc32)cc1OC. The van der Waals surface area contributed by atoms with Gasteiger partial charge in [0.05, 0.1) is 59.1 Å². The zero-order chi connectivity index (χ0) is 36.6. The van der Waals surface area contributed by atoms with Gasteiger partial charge >= 0.3 is 5.69 Å². The van der Waals surface area contributed by atoms with Gasteiger partial charge in [-0.1, -0.05) is 24.3 Å². The first-order valence-electron chi connectivity index (χ1n) is 16.5. The molecule has 0 fully saturated rings. The number of aromatic hydroxyl groups is 2. The number of ether oxygens (including phenoxy) is 3. The minimum atomic E-state index is -1.47. The van der Waals surface area contributed by atoms with Crippen LogP contribution in [0, 0.1) is 13.8 Å². The summed E-state index contributed by atoms with van der Waals surface area (Å²) in [6.45, 7) is 5.10. The fraction of sp³-hybridized carbons (Fsp3) is 0.205. The molecule has 0 spiro atoms. The minimum absolute atomic E-state index is 0.0423. The van der Waals surface area contributed by atoms with E-state index in [1.54, 1.807) is 37.8 Å². The molecule has 0 radical (unpaired) electrons. The van der Waals surface area contributed by atoms with E-state index >= 15 is 0 Å². The summed E-state index contributed by atoms with van der Waals surface area (Å²) in [5.41, 5.74) is 0.883. The van der Waals surface area contributed by atoms with Gasteiger partial charge in [-0.15, -0.1) is 0 Å². The highest BCUT2D eigenvalue weighted by molar-refractivity contribution is 6.14. The highest BCUT2D eigenvalue weighted by Gasteiger charge is 2.55. The highest BCUT2D eigenvalue weighted by Crippen LogP contribution is 2.60. The van der Waals surface area contributed by atoms with Crippen molar-refractivity contribution in [2.24, 2.45) is 0 Å². The van der Waals surface area contributed by atoms with Crippen LogP contribution in [0.1, 0.15) is 45.4 Å². The van der Waals surface area contributed by atoms with Crippen molar-refractivity contribution in [1.29, 1.82) is 0 Å². The number of phenols is 2. The van der Waals surface area contributed by atoms with Crippen molar-refractivity contribution in [1.82, 2.24) is 24.3 Å². The summed E-state index contributed by atoms with van der Waals surface area (Å²) in [6.07, 6.45) is 2.11. The van der Waals surface area contributed by atoms with E-state index in [-0.39, 0.29) is 68.8 Å². The lowest BCUT2D eigenvalue weighted by Crippen LogP contribution is -2.36. The van der Waals surface area contributed by atoms with E-state index in [1.165, 1.54) is 30.7 Å². The van der Waals surface area contributed by atoms with E-state index in [0.717, 1.165) is 11.3 Å². The molecule has 52 heavy (non-hydrogen) atoms. The van der Waals surface area contributed by atoms with Crippen LogP contribution in [0.25, 0.3) is 34.1 Å². The number of methoxy groups -OCH3 is 2. The van der Waals surface area contributed by atoms with Crippen LogP contribution in [-0.4, -0.2) is 54.5 Å². The molecule has 0 unspecified atom stereocenters. The van der Waals surface area contributed by atoms with Gasteiger partial charge in [0.25, 0.3) is 5.56 Å². The molecule has 3 N–H and O–H groups in total. The van der Waals surface area contributed by atoms with Crippen LogP contribution in [-0.2, 0) is 18.4 Å². The van der Waals surface area contributed by atoms with Gasteiger partial charge in [-0.3, -0.25) is 19.1 Å². The maximum atomic E-state index is 14.5. The fourth-order valence-corrected chi connectivity index (χ4v) is 7.25. The van der Waals surface area contributed by atoms with Crippen molar-refractivity contribution in [2.45, 2.75) is 39.2 Å². The van der Waals surface area contributed by atoms with Crippen LogP contribution >= 0.6 is 0 Å². The number of nitrogens with one attached hydrogen (secondary N) is 1. The number of aromatic nitrogens is 5. The van der Waals surface area contributed by atoms with E-state index < -0.39 is 16.7 Å². The third kappa shape index (κ3) is 4.58. The molecule has 13 heteroatoms. The molecular formula is C39H33N5O8. The van der Waals surface area contributed by atoms with E-state index in [9.17, 15) is 24.6 Å². The summed E-state index contributed by atoms with van der Waals surface area (Å²) in [6, 6.07) is 17.9. The highest BCUT2D eigenvalue weighted by atomic mass is 16.5. The van der Waals surface area contributed by atoms with Crippen LogP contribution in [0.5, 0.6) is 28.7 Å². The average Bonchev–Trinajstić information content (AvgIpc) is 3.64. The predicted molar refractivity (Wildman–Crippen MR) is 192 cm³/mol. The molecule has 2 aliphatic rings. The van der Waals surface area contributed by atoms with E-state index in [0.29, 0.717) is 34.9 Å². The van der Waals surface area contributed by atoms with Crippen molar-refractivity contribution < 1.29 is 29.2 Å². The van der Waals surface area contributed by atoms with Crippen molar-refractivity contribution >= 4 is 22.9 Å². The van der Waals surface area contributed by atoms with E-state index in [2.05, 4.69) is 10.1 Å². The number of pyridine rings is 1. The Hall–Kier alpha value is -6.63. The van der Waals surface area contributed by atoms with Gasteiger partial charge in [0.2, 0.25) is 0 Å². The summed E-state index contributed by atoms with van der Waals surface area (Å²) in [7, 11) is 3.08. The molecule has 13 nitrogen and oxygen atoms in total. The largest absolute Gasteiger partial charge is 0.507 e. The molecule has 1 atom stereocenters. The Kier molecular flexibility index (Phi) is 7.34. The number of phenolic OH excluding ortho intramolecular Hbond substituents is 2. The van der Waals surface area contributed by atoms with Crippen LogP contribution in [0.15, 0.2) is 76.0 Å². The number of para-hydroxylation sites is 1. The lowest BCUT2D eigenvalue weighted by atomic mass is 9.71. The maximum Gasteiger partial charge on any atom is 0.330 e. The molecule has 0 saturated carbocycles. The number of ketones is 1. The van der Waals surface area contributed by atoms with E-state index in [1.807, 2.05) is 42.5 Å². The van der Waals surface area contributed by atoms with Crippen LogP contribution in [0.4, 0.5) is 0 Å². The molecule has 3 aromatic heterocycles. The number of rotatable bonds is 7. The smallest absolute Gasteiger partial charge is 0.330 e. The number of nitrogens with zero attached hydrogens (tertiary/aromatic N) is 4. The summed E-state index contributed by atoms with van der Waals surface area (Å²) in [4.78, 5) is 47.9. The Labute approximate surface area is 296 Å². The third-order valence-corrected chi connectivity index (χ3v) is 10.1. The molecule has 1 aliphatic carbocycles. The van der Waals surface area contributed by atoms with Gasteiger partial charge in [-0.2, -0.15) is 5.10 Å². The fourth-order valence-electron chi connectivity index (χ4n) is 7.25. The number of hydrogen-bond acceptors (Lipinski definition) is 10. The van der Waals surface area contributed by atoms with Gasteiger partial charge in [-0.25, -0.2) is 14.5 Å². The first kappa shape index (κ1) is 32.6. The number of fused-ring (bicyclic) bond motifs is 5. The predicted octanol–water partition coefficient (Wildman–Crippen LogP) is 5.11. The van der Waals surface area contributed by atoms with E-state index in [4.69, 9.17) is 19.2 Å². The van der Waals surface area contributed by atoms with Gasteiger partial charge in [0.1, 0.15) is 34.1 Å². The number of H-pyrrole nitrogens is 1. The number of carbonyl (C=O) groups is 1. The van der Waals surface area contributed by atoms with Crippen molar-refractivity contribution in [3.8, 4) is 45.7 Å². The number of Topliss-reactive ketones (excluding diaryl/α,β-unsaturated/α-hetero) is 1. The second-order valence-electron chi connectivity index (χ2n) is 13.0. The first-order valence-corrected chi connectivity index (χ1v) is 16.5. The minimum Gasteiger partial charge on any atom is -0.507 e. The topological polar surface area (TPSA) is 171 Å². The molecule has 4 heterocycles. The third-order valence-electron chi connectivity index (χ3n) is 10.1. The summed E-state index contributed by atoms with van der Waals surface area (Å²) in [5, 5.41) is 28.0. The molecule has 8 rings (SSSR count). The standard InChI is InChI=1S/C39H33N5O8/c1-19-32(45)30(24-13-12-23-36(40-24)43(38(49)41-37(23)48)16-15-21-11-14-26(50-4)27(17-21)51-5)34-31(33(19)46)39(3)28(52-34)18-25-29(35(39)47)20(2)42-44(25)22-9-7-6-8-10-22/h6-14,17-18,45-46H,15-16H2,1-5H3,(H,41,48,49)/t39-/m0/s1. The number of aryl methyl sites for hydroxylation is 3. The van der Waals surface area contributed by atoms with Crippen LogP contribution in [0.2, 0.25) is 0 Å². The lowest BCUT2D eigenvalue weighted by molar-refractivity contribution is 0.0905. The monoisotopic (exact) mass is 699 g/mol. The van der Waals surface area contributed by atoms with Gasteiger partial charge in [0.15, 0.2) is 17.3 Å². The quantitative estimate of drug-likeness (QED) is 0.203. The number of benzene rings is 3. The summed E-state index contributed by atoms with van der Waals surface area (Å²) >= 11 is 0. The van der Waals surface area contributed by atoms with Gasteiger partial charge < -0.3 is 24.4 Å². The number of hydrogen-bond donors (Lipinski definition) is 3. The Morgan fingerprint density at radius 3 is 2.40 bits per heavy atom. The van der Waals surface area contributed by atoms with Crippen molar-refractivity contribution in [2.75, 3.05) is 14.2 Å². The Morgan fingerprint density at radius 1 is 0.923 bits per heavy atom. The normalized spacial score (nSPS) is 15.9. The molecule has 1 aliphatic heterocycles. The van der Waals surface area contributed by atoms with Crippen molar-refractivity contribution in [3.63, 3.8) is 0 Å². The average molecular weight is 700 g/mol. The molecule has 0 bridgehead atoms. The molecular weight excluding hydrogens is 666 g/mol. The Balaban J connectivity index is 1.28. The zero-order valence-corrected chi connectivity index (χ0v) is 28.9. The van der Waals surface area contributed by atoms with Gasteiger partial charge in [0, 0.05) is 18.2 Å². The second kappa shape index (κ2) is 11.7. The number of carbonyl (C=O) groups excluding carboxylic acids is 1. The summed E-state index contributed by atoms with van der Waals surface area (Å²) < 4.78 is 20.3. The van der Waals surface area contributed by atoms with Crippen molar-refractivity contribution in [3.05, 3.63) is 121 Å². The molecule has 262 valence electrons. The number of allylic oxidation sites excluding steroid dienone is 1. The molecule has 0 saturated heterocycles. The number of aromatic amines is 1. The maximum absolute atomic E-state index is 14.5. The van der Waals surface area contributed by atoms with Gasteiger partial charge in [-0.05, 0) is 69.2 Å². The molecule has 3 aromatic carbocycles. The van der Waals surface area contributed by atoms with Crippen LogP contribution < -0.4 is 25.5 Å². The second-order valence-corrected chi connectivity index (χ2v) is 13.0.